The van der Waals surface area contributed by atoms with Gasteiger partial charge in [0, 0.05) is 5.56 Å². The van der Waals surface area contributed by atoms with E-state index >= 15 is 0 Å². The van der Waals surface area contributed by atoms with Crippen molar-refractivity contribution in [3.8, 4) is 11.5 Å². The summed E-state index contributed by atoms with van der Waals surface area (Å²) < 4.78 is 5.37. The number of ether oxygens (including phenoxy) is 1. The van der Waals surface area contributed by atoms with Crippen molar-refractivity contribution in [2.24, 2.45) is 0 Å². The van der Waals surface area contributed by atoms with Crippen LogP contribution in [-0.4, -0.2) is 28.3 Å². The molecule has 4 N–H and O–H groups in total. The number of aromatic hydroxyl groups is 2. The predicted molar refractivity (Wildman–Crippen MR) is 109 cm³/mol. The zero-order valence-corrected chi connectivity index (χ0v) is 17.0. The van der Waals surface area contributed by atoms with Crippen LogP contribution >= 0.6 is 23.2 Å². The molecule has 1 aliphatic heterocycles. The maximum absolute atomic E-state index is 13.0. The summed E-state index contributed by atoms with van der Waals surface area (Å²) in [5, 5.41) is 25.0. The van der Waals surface area contributed by atoms with E-state index in [0.29, 0.717) is 5.56 Å². The molecule has 2 amide bonds. The Labute approximate surface area is 176 Å². The second kappa shape index (κ2) is 8.23. The highest BCUT2D eigenvalue weighted by Crippen LogP contribution is 2.45. The maximum atomic E-state index is 13.0. The van der Waals surface area contributed by atoms with Crippen LogP contribution in [0.25, 0.3) is 5.70 Å². The molecule has 0 spiro atoms. The summed E-state index contributed by atoms with van der Waals surface area (Å²) >= 11 is 12.0. The smallest absolute Gasteiger partial charge is 0.338 e. The summed E-state index contributed by atoms with van der Waals surface area (Å²) in [6, 6.07) is 8.25. The number of hydrogen-bond acceptors (Lipinski definition) is 5. The van der Waals surface area contributed by atoms with E-state index in [-0.39, 0.29) is 21.9 Å². The van der Waals surface area contributed by atoms with E-state index < -0.39 is 40.7 Å². The first-order valence-corrected chi connectivity index (χ1v) is 9.44. The number of urea groups is 1. The highest BCUT2D eigenvalue weighted by Gasteiger charge is 2.37. The third-order valence-electron chi connectivity index (χ3n) is 4.21. The second-order valence-corrected chi connectivity index (χ2v) is 7.38. The van der Waals surface area contributed by atoms with Crippen molar-refractivity contribution in [1.29, 1.82) is 0 Å². The quantitative estimate of drug-likeness (QED) is 0.539. The predicted octanol–water partition coefficient (Wildman–Crippen LogP) is 4.12. The van der Waals surface area contributed by atoms with Gasteiger partial charge in [0.25, 0.3) is 0 Å². The minimum Gasteiger partial charge on any atom is -0.506 e. The van der Waals surface area contributed by atoms with E-state index in [1.54, 1.807) is 44.2 Å². The maximum Gasteiger partial charge on any atom is 0.338 e. The normalized spacial score (nSPS) is 16.4. The number of esters is 1. The molecule has 152 valence electrons. The molecule has 0 aliphatic carbocycles. The number of nitrogens with one attached hydrogen (secondary N) is 2. The summed E-state index contributed by atoms with van der Waals surface area (Å²) in [5.74, 6) is -1.72. The average molecular weight is 437 g/mol. The van der Waals surface area contributed by atoms with Crippen LogP contribution in [0.2, 0.25) is 10.0 Å². The summed E-state index contributed by atoms with van der Waals surface area (Å²) in [7, 11) is 0. The van der Waals surface area contributed by atoms with Gasteiger partial charge in [-0.25, -0.2) is 9.59 Å². The average Bonchev–Trinajstić information content (AvgIpc) is 2.68. The van der Waals surface area contributed by atoms with E-state index in [4.69, 9.17) is 27.9 Å². The van der Waals surface area contributed by atoms with E-state index in [0.717, 1.165) is 0 Å². The fraction of sp³-hybridized carbons (Fsp3) is 0.200. The minimum absolute atomic E-state index is 0.0387. The van der Waals surface area contributed by atoms with Gasteiger partial charge in [0.2, 0.25) is 0 Å². The van der Waals surface area contributed by atoms with Gasteiger partial charge in [-0.15, -0.1) is 0 Å². The number of carbonyl (C=O) groups excluding carboxylic acids is 2. The number of phenols is 2. The molecule has 9 heteroatoms. The van der Waals surface area contributed by atoms with Crippen molar-refractivity contribution in [2.45, 2.75) is 26.0 Å². The van der Waals surface area contributed by atoms with Crippen LogP contribution in [0.3, 0.4) is 0 Å². The van der Waals surface area contributed by atoms with Crippen LogP contribution in [0.15, 0.2) is 42.0 Å². The van der Waals surface area contributed by atoms with Crippen molar-refractivity contribution in [3.63, 3.8) is 0 Å². The third kappa shape index (κ3) is 4.11. The lowest BCUT2D eigenvalue weighted by Crippen LogP contribution is -2.45. The van der Waals surface area contributed by atoms with Gasteiger partial charge in [-0.05, 0) is 25.5 Å². The first-order valence-electron chi connectivity index (χ1n) is 8.68. The Morgan fingerprint density at radius 3 is 2.41 bits per heavy atom. The molecule has 3 rings (SSSR count). The summed E-state index contributed by atoms with van der Waals surface area (Å²) in [6.07, 6.45) is -0.425. The number of benzene rings is 2. The number of halogens is 2. The van der Waals surface area contributed by atoms with Crippen LogP contribution in [0.5, 0.6) is 11.5 Å². The first kappa shape index (κ1) is 20.8. The molecular weight excluding hydrogens is 419 g/mol. The number of rotatable bonds is 4. The van der Waals surface area contributed by atoms with Crippen LogP contribution in [0, 0.1) is 0 Å². The first-order chi connectivity index (χ1) is 13.7. The highest BCUT2D eigenvalue weighted by molar-refractivity contribution is 6.38. The fourth-order valence-electron chi connectivity index (χ4n) is 2.96. The van der Waals surface area contributed by atoms with Crippen molar-refractivity contribution in [3.05, 3.63) is 63.1 Å². The highest BCUT2D eigenvalue weighted by atomic mass is 35.5. The largest absolute Gasteiger partial charge is 0.506 e. The third-order valence-corrected chi connectivity index (χ3v) is 4.85. The fourth-order valence-corrected chi connectivity index (χ4v) is 3.44. The number of amides is 2. The molecule has 2 aromatic carbocycles. The Bertz CT molecular complexity index is 1010. The van der Waals surface area contributed by atoms with Crippen molar-refractivity contribution < 1.29 is 24.5 Å². The lowest BCUT2D eigenvalue weighted by molar-refractivity contribution is -0.143. The van der Waals surface area contributed by atoms with Gasteiger partial charge >= 0.3 is 12.0 Å². The van der Waals surface area contributed by atoms with Crippen LogP contribution in [0.1, 0.15) is 31.0 Å². The molecule has 7 nitrogen and oxygen atoms in total. The molecule has 1 unspecified atom stereocenters. The number of carbonyl (C=O) groups is 2. The molecule has 1 heterocycles. The Morgan fingerprint density at radius 2 is 1.79 bits per heavy atom. The van der Waals surface area contributed by atoms with Gasteiger partial charge in [0.15, 0.2) is 5.75 Å². The van der Waals surface area contributed by atoms with E-state index in [2.05, 4.69) is 10.6 Å². The summed E-state index contributed by atoms with van der Waals surface area (Å²) in [4.78, 5) is 25.3. The SMILES string of the molecule is CC(C)OC(=O)C1=C(c2ccccc2)NC(=O)NC1c1cc(Cl)c(O)c(Cl)c1O. The van der Waals surface area contributed by atoms with Gasteiger partial charge < -0.3 is 25.6 Å². The Hall–Kier alpha value is -2.90. The van der Waals surface area contributed by atoms with E-state index in [1.807, 2.05) is 0 Å². The molecule has 0 fully saturated rings. The van der Waals surface area contributed by atoms with Crippen molar-refractivity contribution in [1.82, 2.24) is 10.6 Å². The van der Waals surface area contributed by atoms with Crippen molar-refractivity contribution in [2.75, 3.05) is 0 Å². The topological polar surface area (TPSA) is 108 Å². The van der Waals surface area contributed by atoms with Gasteiger partial charge in [-0.2, -0.15) is 0 Å². The van der Waals surface area contributed by atoms with E-state index in [9.17, 15) is 19.8 Å². The molecule has 0 saturated heterocycles. The summed E-state index contributed by atoms with van der Waals surface area (Å²) in [6.45, 7) is 3.38. The Kier molecular flexibility index (Phi) is 5.91. The van der Waals surface area contributed by atoms with Crippen LogP contribution in [0.4, 0.5) is 4.79 Å². The molecular formula is C20H18Cl2N2O5. The number of hydrogen-bond donors (Lipinski definition) is 4. The molecule has 0 saturated carbocycles. The Balaban J connectivity index is 2.27. The lowest BCUT2D eigenvalue weighted by atomic mass is 9.92. The minimum atomic E-state index is -1.12. The monoisotopic (exact) mass is 436 g/mol. The number of phenolic OH excluding ortho intramolecular Hbond substituents is 2. The van der Waals surface area contributed by atoms with Gasteiger partial charge in [0.1, 0.15) is 10.8 Å². The van der Waals surface area contributed by atoms with Gasteiger partial charge in [-0.1, -0.05) is 53.5 Å². The zero-order valence-electron chi connectivity index (χ0n) is 15.5. The Morgan fingerprint density at radius 1 is 1.14 bits per heavy atom. The van der Waals surface area contributed by atoms with Crippen molar-refractivity contribution >= 4 is 40.9 Å². The molecule has 1 aliphatic rings. The zero-order chi connectivity index (χ0) is 21.3. The standard InChI is InChI=1S/C20H18Cl2N2O5/c1-9(2)29-19(27)13-15(10-6-4-3-5-7-10)23-20(28)24-16(13)11-8-12(21)18(26)14(22)17(11)25/h3-9,16,25-26H,1-2H3,(H2,23,24,28). The van der Waals surface area contributed by atoms with Gasteiger partial charge in [0.05, 0.1) is 28.4 Å². The molecule has 29 heavy (non-hydrogen) atoms. The summed E-state index contributed by atoms with van der Waals surface area (Å²) in [5.41, 5.74) is 0.887. The molecule has 2 aromatic rings. The molecule has 0 radical (unpaired) electrons. The van der Waals surface area contributed by atoms with Crippen LogP contribution < -0.4 is 10.6 Å². The molecule has 1 atom stereocenters. The van der Waals surface area contributed by atoms with Gasteiger partial charge in [-0.3, -0.25) is 0 Å². The second-order valence-electron chi connectivity index (χ2n) is 6.60. The molecule has 0 bridgehead atoms. The van der Waals surface area contributed by atoms with E-state index in [1.165, 1.54) is 6.07 Å². The van der Waals surface area contributed by atoms with Crippen LogP contribution in [-0.2, 0) is 9.53 Å². The molecule has 0 aromatic heterocycles. The lowest BCUT2D eigenvalue weighted by Gasteiger charge is -2.30.